The van der Waals surface area contributed by atoms with Gasteiger partial charge in [0.05, 0.1) is 24.6 Å². The number of nitrogens with zero attached hydrogens (tertiary/aromatic N) is 16. The van der Waals surface area contributed by atoms with Crippen molar-refractivity contribution in [2.45, 2.75) is 110 Å². The van der Waals surface area contributed by atoms with E-state index in [1.165, 1.54) is 115 Å². The summed E-state index contributed by atoms with van der Waals surface area (Å²) in [5, 5.41) is 21.9. The molecule has 14 aromatic rings. The number of aromatic nitrogens is 11. The third-order valence-corrected chi connectivity index (χ3v) is 22.3. The van der Waals surface area contributed by atoms with E-state index in [0.717, 1.165) is 140 Å². The molecule has 6 aromatic carbocycles. The summed E-state index contributed by atoms with van der Waals surface area (Å²) in [6, 6.07) is 57.4. The number of carbonyl (C=O) groups excluding carboxylic acids is 1. The van der Waals surface area contributed by atoms with Gasteiger partial charge in [0.2, 0.25) is 0 Å². The normalized spacial score (nSPS) is 13.9. The summed E-state index contributed by atoms with van der Waals surface area (Å²) < 4.78 is 21.1. The number of fused-ring (bicyclic) bond motifs is 4. The fourth-order valence-corrected chi connectivity index (χ4v) is 15.7. The average molecular weight is 1530 g/mol. The maximum atomic E-state index is 12.6. The molecule has 596 valence electrons. The second-order valence-corrected chi connectivity index (χ2v) is 32.4. The third kappa shape index (κ3) is 22.7. The quantitative estimate of drug-likeness (QED) is 0.0479. The van der Waals surface area contributed by atoms with Crippen molar-refractivity contribution in [2.24, 2.45) is 11.8 Å². The smallest absolute Gasteiger partial charge is 0.255 e. The van der Waals surface area contributed by atoms with Crippen molar-refractivity contribution in [3.63, 3.8) is 0 Å². The van der Waals surface area contributed by atoms with E-state index < -0.39 is 0 Å². The number of likely N-dealkylation sites (tertiary alicyclic amines) is 1. The number of pyridine rings is 1. The van der Waals surface area contributed by atoms with Gasteiger partial charge in [-0.2, -0.15) is 15.3 Å². The second kappa shape index (κ2) is 40.0. The fraction of sp³-hybridized carbons (Fsp3) is 0.379. The fourth-order valence-electron chi connectivity index (χ4n) is 15.7. The number of hydrogen-bond donors (Lipinski definition) is 1. The van der Waals surface area contributed by atoms with Crippen LogP contribution >= 0.6 is 0 Å². The lowest BCUT2D eigenvalue weighted by Crippen LogP contribution is -2.31. The van der Waals surface area contributed by atoms with Crippen molar-refractivity contribution in [1.82, 2.24) is 77.1 Å². The van der Waals surface area contributed by atoms with Crippen LogP contribution in [0.25, 0.3) is 77.0 Å². The molecule has 16 rings (SSSR count). The Balaban J connectivity index is 0.000000133. The molecule has 2 saturated heterocycles. The summed E-state index contributed by atoms with van der Waals surface area (Å²) in [6.07, 6.45) is 35.2. The number of ether oxygens (including phenoxy) is 1. The van der Waals surface area contributed by atoms with Crippen LogP contribution in [0.3, 0.4) is 0 Å². The minimum atomic E-state index is -0.0849. The van der Waals surface area contributed by atoms with Crippen molar-refractivity contribution < 1.29 is 9.53 Å². The first-order chi connectivity index (χ1) is 55.5. The number of rotatable bonds is 29. The molecule has 1 N–H and O–H groups in total. The highest BCUT2D eigenvalue weighted by atomic mass is 16.5. The molecule has 19 heteroatoms. The zero-order valence-corrected chi connectivity index (χ0v) is 69.0. The van der Waals surface area contributed by atoms with Gasteiger partial charge in [0, 0.05) is 174 Å². The lowest BCUT2D eigenvalue weighted by atomic mass is 9.97. The topological polar surface area (TPSA) is 141 Å². The summed E-state index contributed by atoms with van der Waals surface area (Å²) in [6.45, 7) is 17.0. The van der Waals surface area contributed by atoms with Crippen LogP contribution in [0.15, 0.2) is 238 Å². The zero-order chi connectivity index (χ0) is 79.3. The summed E-state index contributed by atoms with van der Waals surface area (Å²) in [4.78, 5) is 28.1. The number of aryl methyl sites for hydroxylation is 4. The number of piperidine rings is 1. The van der Waals surface area contributed by atoms with Gasteiger partial charge in [0.15, 0.2) is 0 Å². The highest BCUT2D eigenvalue weighted by Crippen LogP contribution is 2.32. The first-order valence-corrected chi connectivity index (χ1v) is 41.1. The van der Waals surface area contributed by atoms with Crippen LogP contribution < -0.4 is 5.32 Å². The molecule has 1 amide bonds. The summed E-state index contributed by atoms with van der Waals surface area (Å²) >= 11 is 0. The van der Waals surface area contributed by atoms with Crippen LogP contribution in [0.1, 0.15) is 91.4 Å². The molecule has 19 nitrogen and oxygen atoms in total. The molecule has 2 aliphatic heterocycles. The molecule has 0 radical (unpaired) electrons. The summed E-state index contributed by atoms with van der Waals surface area (Å²) in [5.41, 5.74) is 17.5. The Morgan fingerprint density at radius 3 is 1.36 bits per heavy atom. The van der Waals surface area contributed by atoms with E-state index in [0.29, 0.717) is 11.5 Å². The van der Waals surface area contributed by atoms with Crippen molar-refractivity contribution >= 4 is 55.2 Å². The molecule has 0 bridgehead atoms. The van der Waals surface area contributed by atoms with E-state index in [9.17, 15) is 4.79 Å². The van der Waals surface area contributed by atoms with Crippen molar-refractivity contribution in [1.29, 1.82) is 0 Å². The molecule has 0 aliphatic carbocycles. The highest BCUT2D eigenvalue weighted by molar-refractivity contribution is 6.04. The molecule has 10 heterocycles. The molecule has 2 fully saturated rings. The van der Waals surface area contributed by atoms with Crippen molar-refractivity contribution in [3.05, 3.63) is 260 Å². The van der Waals surface area contributed by atoms with E-state index in [2.05, 4.69) is 295 Å². The Labute approximate surface area is 675 Å². The SMILES string of the molecule is CC(c1ccncc1)n1cc(-c2ccc3c(ccn3CCCN(C)C)c2)cn1.CN(C)CCCn1ccc2cc(-c3cnn(CC4CCN(C)CC4)c3)ccc21.CN(C)CCCn1ccc2cc(-c3cnn(CC4CCOCC4)c3)ccc21.CN(C)CCCn1ccc2cc(Cc3cccc(C(=O)Nc4ccccc4)c3)ccc21. The second-order valence-electron chi connectivity index (χ2n) is 32.4. The molecule has 2 aliphatic rings. The van der Waals surface area contributed by atoms with E-state index in [-0.39, 0.29) is 11.9 Å². The van der Waals surface area contributed by atoms with Gasteiger partial charge in [-0.25, -0.2) is 0 Å². The number of carbonyl (C=O) groups is 1. The minimum absolute atomic E-state index is 0.0849. The number of benzene rings is 6. The first kappa shape index (κ1) is 81.5. The van der Waals surface area contributed by atoms with Gasteiger partial charge in [-0.3, -0.25) is 23.8 Å². The van der Waals surface area contributed by atoms with Crippen LogP contribution in [0.4, 0.5) is 5.69 Å². The molecule has 1 unspecified atom stereocenters. The largest absolute Gasteiger partial charge is 0.381 e. The van der Waals surface area contributed by atoms with Gasteiger partial charge in [0.25, 0.3) is 5.91 Å². The van der Waals surface area contributed by atoms with E-state index in [1.807, 2.05) is 96.3 Å². The Hall–Kier alpha value is -10.5. The van der Waals surface area contributed by atoms with E-state index in [1.54, 1.807) is 0 Å². The molecule has 8 aromatic heterocycles. The predicted molar refractivity (Wildman–Crippen MR) is 470 cm³/mol. The molecule has 1 atom stereocenters. The lowest BCUT2D eigenvalue weighted by molar-refractivity contribution is 0.0601. The average Bonchev–Trinajstić information content (AvgIpc) is 1.62. The van der Waals surface area contributed by atoms with E-state index >= 15 is 0 Å². The zero-order valence-electron chi connectivity index (χ0n) is 69.0. The maximum Gasteiger partial charge on any atom is 0.255 e. The van der Waals surface area contributed by atoms with Gasteiger partial charge in [-0.05, 0) is 327 Å². The molecular formula is C95H119N17O2. The Morgan fingerprint density at radius 2 is 0.886 bits per heavy atom. The monoisotopic (exact) mass is 1530 g/mol. The van der Waals surface area contributed by atoms with Crippen LogP contribution in [0.5, 0.6) is 0 Å². The van der Waals surface area contributed by atoms with Gasteiger partial charge in [-0.1, -0.05) is 54.6 Å². The van der Waals surface area contributed by atoms with Crippen LogP contribution in [0.2, 0.25) is 0 Å². The Bertz CT molecular complexity index is 5290. The van der Waals surface area contributed by atoms with Gasteiger partial charge < -0.3 is 52.8 Å². The van der Waals surface area contributed by atoms with Gasteiger partial charge in [0.1, 0.15) is 0 Å². The van der Waals surface area contributed by atoms with Gasteiger partial charge >= 0.3 is 0 Å². The van der Waals surface area contributed by atoms with Crippen molar-refractivity contribution in [2.75, 3.05) is 121 Å². The summed E-state index contributed by atoms with van der Waals surface area (Å²) in [7, 11) is 19.2. The third-order valence-electron chi connectivity index (χ3n) is 22.3. The molecule has 0 saturated carbocycles. The molecular weight excluding hydrogens is 1410 g/mol. The maximum absolute atomic E-state index is 12.6. The van der Waals surface area contributed by atoms with E-state index in [4.69, 9.17) is 4.74 Å². The van der Waals surface area contributed by atoms with Crippen LogP contribution in [-0.2, 0) is 50.4 Å². The van der Waals surface area contributed by atoms with Gasteiger partial charge in [-0.15, -0.1) is 0 Å². The number of amides is 1. The highest BCUT2D eigenvalue weighted by Gasteiger charge is 2.20. The number of nitrogens with one attached hydrogen (secondary N) is 1. The van der Waals surface area contributed by atoms with Crippen LogP contribution in [-0.4, -0.2) is 199 Å². The predicted octanol–water partition coefficient (Wildman–Crippen LogP) is 17.6. The van der Waals surface area contributed by atoms with Crippen molar-refractivity contribution in [3.8, 4) is 33.4 Å². The Morgan fingerprint density at radius 1 is 0.456 bits per heavy atom. The first-order valence-electron chi connectivity index (χ1n) is 41.1. The number of para-hydroxylation sites is 1. The number of anilines is 1. The molecule has 114 heavy (non-hydrogen) atoms. The lowest BCUT2D eigenvalue weighted by Gasteiger charge is -2.28. The Kier molecular flexibility index (Phi) is 28.6. The number of hydrogen-bond acceptors (Lipinski definition) is 11. The minimum Gasteiger partial charge on any atom is -0.381 e. The molecule has 0 spiro atoms. The summed E-state index contributed by atoms with van der Waals surface area (Å²) in [5.74, 6) is 1.35. The van der Waals surface area contributed by atoms with Crippen LogP contribution in [0, 0.1) is 11.8 Å². The standard InChI is InChI=1S/C27H29N3O.C23H27N5.C23H33N5.C22H30N4O/c1-29(2)15-7-16-30-17-14-23-19-22(12-13-26(23)30)18-21-8-6-9-24(20-21)27(31)28-25-10-4-3-5-11-25;1-18(19-7-10-24-11-8-19)28-17-22(16-25-28)20-5-6-23-21(15-20)9-14-27(23)13-4-12-26(2)3;1-25(2)10-4-11-27-14-9-21-15-20(5-6-23(21)27)22-16-24-28(18-22)17-19-7-12-26(3)13-8-19;1-24(2)9-3-10-25-11-6-20-14-19(4-5-22(20)25)21-15-23-26(17-21)16-18-7-12-27-13-8-18/h3-6,8-14,17,19-20H,7,15-16,18H2,1-2H3,(H,28,31);5-11,14-18H,4,12-13H2,1-3H3;5-6,9,14-16,18-19H,4,7-8,10-13,17H2,1-3H3;4-6,11,14-15,17-18H,3,7-10,12-13,16H2,1-2H3.